The zero-order chi connectivity index (χ0) is 15.1. The second-order valence-electron chi connectivity index (χ2n) is 5.48. The van der Waals surface area contributed by atoms with E-state index in [1.54, 1.807) is 0 Å². The summed E-state index contributed by atoms with van der Waals surface area (Å²) < 4.78 is 0. The molecule has 0 aliphatic carbocycles. The third kappa shape index (κ3) is 5.46. The summed E-state index contributed by atoms with van der Waals surface area (Å²) >= 11 is 0. The fraction of sp³-hybridized carbons (Fsp3) is 0.769. The van der Waals surface area contributed by atoms with Crippen molar-refractivity contribution < 1.29 is 19.5 Å². The van der Waals surface area contributed by atoms with E-state index in [4.69, 9.17) is 5.11 Å². The minimum atomic E-state index is -0.910. The Bertz CT molecular complexity index is 371. The van der Waals surface area contributed by atoms with Crippen LogP contribution in [0, 0.1) is 11.8 Å². The van der Waals surface area contributed by atoms with E-state index in [0.29, 0.717) is 25.9 Å². The van der Waals surface area contributed by atoms with Gasteiger partial charge in [0.1, 0.15) is 6.54 Å². The van der Waals surface area contributed by atoms with E-state index in [1.165, 1.54) is 4.90 Å². The van der Waals surface area contributed by atoms with Crippen LogP contribution >= 0.6 is 0 Å². The highest BCUT2D eigenvalue weighted by molar-refractivity contribution is 5.84. The van der Waals surface area contributed by atoms with Crippen molar-refractivity contribution in [3.63, 3.8) is 0 Å². The topological polar surface area (TPSA) is 98.7 Å². The highest BCUT2D eigenvalue weighted by Crippen LogP contribution is 2.11. The first-order valence-corrected chi connectivity index (χ1v) is 6.92. The van der Waals surface area contributed by atoms with Gasteiger partial charge in [-0.15, -0.1) is 0 Å². The Morgan fingerprint density at radius 2 is 2.15 bits per heavy atom. The second-order valence-corrected chi connectivity index (χ2v) is 5.48. The standard InChI is InChI=1S/C13H23N3O4/c1-9(2)6-10(12(18)19)7-15-13(20)16-5-3-4-14-11(17)8-16/h9-10H,3-8H2,1-2H3,(H,14,17)(H,15,20)(H,18,19). The van der Waals surface area contributed by atoms with Gasteiger partial charge in [0.25, 0.3) is 0 Å². The number of carboxylic acids is 1. The molecule has 7 nitrogen and oxygen atoms in total. The SMILES string of the molecule is CC(C)CC(CNC(=O)N1CCCNC(=O)C1)C(=O)O. The highest BCUT2D eigenvalue weighted by atomic mass is 16.4. The summed E-state index contributed by atoms with van der Waals surface area (Å²) in [6.45, 7) is 5.05. The maximum absolute atomic E-state index is 12.0. The lowest BCUT2D eigenvalue weighted by atomic mass is 9.97. The number of hydrogen-bond donors (Lipinski definition) is 3. The molecule has 114 valence electrons. The monoisotopic (exact) mass is 285 g/mol. The van der Waals surface area contributed by atoms with E-state index < -0.39 is 11.9 Å². The van der Waals surface area contributed by atoms with E-state index >= 15 is 0 Å². The summed E-state index contributed by atoms with van der Waals surface area (Å²) in [5.41, 5.74) is 0. The Morgan fingerprint density at radius 1 is 1.45 bits per heavy atom. The number of carbonyl (C=O) groups is 3. The molecule has 1 saturated heterocycles. The molecule has 0 aromatic rings. The van der Waals surface area contributed by atoms with Gasteiger partial charge in [-0.1, -0.05) is 13.8 Å². The lowest BCUT2D eigenvalue weighted by Gasteiger charge is -2.21. The molecule has 20 heavy (non-hydrogen) atoms. The van der Waals surface area contributed by atoms with Crippen molar-refractivity contribution in [3.8, 4) is 0 Å². The molecule has 0 radical (unpaired) electrons. The van der Waals surface area contributed by atoms with E-state index in [0.717, 1.165) is 0 Å². The average Bonchev–Trinajstić information content (AvgIpc) is 2.58. The third-order valence-electron chi connectivity index (χ3n) is 3.15. The minimum absolute atomic E-state index is 0.0216. The molecule has 1 unspecified atom stereocenters. The molecule has 1 fully saturated rings. The predicted octanol–water partition coefficient (Wildman–Crippen LogP) is 0.265. The molecule has 1 rings (SSSR count). The van der Waals surface area contributed by atoms with Crippen molar-refractivity contribution in [1.29, 1.82) is 0 Å². The molecular formula is C13H23N3O4. The van der Waals surface area contributed by atoms with Gasteiger partial charge < -0.3 is 20.6 Å². The van der Waals surface area contributed by atoms with Crippen molar-refractivity contribution in [2.45, 2.75) is 26.7 Å². The summed E-state index contributed by atoms with van der Waals surface area (Å²) in [6.07, 6.45) is 1.21. The van der Waals surface area contributed by atoms with Crippen LogP contribution in [0.25, 0.3) is 0 Å². The number of carbonyl (C=O) groups excluding carboxylic acids is 2. The highest BCUT2D eigenvalue weighted by Gasteiger charge is 2.23. The molecule has 3 amide bonds. The molecule has 7 heteroatoms. The molecule has 1 heterocycles. The molecule has 1 aliphatic heterocycles. The number of aliphatic carboxylic acids is 1. The zero-order valence-corrected chi connectivity index (χ0v) is 12.0. The molecule has 3 N–H and O–H groups in total. The first-order valence-electron chi connectivity index (χ1n) is 6.92. The Morgan fingerprint density at radius 3 is 2.75 bits per heavy atom. The maximum atomic E-state index is 12.0. The summed E-state index contributed by atoms with van der Waals surface area (Å²) in [7, 11) is 0. The number of nitrogens with one attached hydrogen (secondary N) is 2. The van der Waals surface area contributed by atoms with Crippen LogP contribution in [0.5, 0.6) is 0 Å². The molecule has 0 aromatic heterocycles. The third-order valence-corrected chi connectivity index (χ3v) is 3.15. The molecule has 0 saturated carbocycles. The van der Waals surface area contributed by atoms with Crippen LogP contribution in [0.4, 0.5) is 4.79 Å². The lowest BCUT2D eigenvalue weighted by Crippen LogP contribution is -2.45. The van der Waals surface area contributed by atoms with Gasteiger partial charge in [0, 0.05) is 19.6 Å². The quantitative estimate of drug-likeness (QED) is 0.675. The summed E-state index contributed by atoms with van der Waals surface area (Å²) in [4.78, 5) is 35.8. The van der Waals surface area contributed by atoms with Gasteiger partial charge >= 0.3 is 12.0 Å². The molecule has 0 bridgehead atoms. The number of rotatable bonds is 5. The number of hydrogen-bond acceptors (Lipinski definition) is 3. The molecule has 0 spiro atoms. The Kier molecular flexibility index (Phi) is 6.27. The number of carboxylic acid groups (broad SMARTS) is 1. The lowest BCUT2D eigenvalue weighted by molar-refractivity contribution is -0.142. The zero-order valence-electron chi connectivity index (χ0n) is 12.0. The van der Waals surface area contributed by atoms with Crippen LogP contribution in [0.15, 0.2) is 0 Å². The summed E-state index contributed by atoms with van der Waals surface area (Å²) in [5.74, 6) is -1.45. The largest absolute Gasteiger partial charge is 0.481 e. The van der Waals surface area contributed by atoms with Crippen molar-refractivity contribution in [2.24, 2.45) is 11.8 Å². The fourth-order valence-corrected chi connectivity index (χ4v) is 2.14. The van der Waals surface area contributed by atoms with E-state index in [1.807, 2.05) is 13.8 Å². The molecule has 0 aromatic carbocycles. The van der Waals surface area contributed by atoms with Crippen molar-refractivity contribution in [1.82, 2.24) is 15.5 Å². The van der Waals surface area contributed by atoms with Crippen LogP contribution in [-0.2, 0) is 9.59 Å². The number of urea groups is 1. The molecular weight excluding hydrogens is 262 g/mol. The van der Waals surface area contributed by atoms with Gasteiger partial charge in [0.15, 0.2) is 0 Å². The maximum Gasteiger partial charge on any atom is 0.317 e. The first-order chi connectivity index (χ1) is 9.40. The number of amides is 3. The summed E-state index contributed by atoms with van der Waals surface area (Å²) in [6, 6.07) is -0.378. The van der Waals surface area contributed by atoms with Gasteiger partial charge in [-0.3, -0.25) is 9.59 Å². The molecule has 1 atom stereocenters. The van der Waals surface area contributed by atoms with Crippen molar-refractivity contribution in [2.75, 3.05) is 26.2 Å². The Labute approximate surface area is 118 Å². The van der Waals surface area contributed by atoms with Crippen LogP contribution in [0.3, 0.4) is 0 Å². The van der Waals surface area contributed by atoms with E-state index in [9.17, 15) is 14.4 Å². The smallest absolute Gasteiger partial charge is 0.317 e. The average molecular weight is 285 g/mol. The van der Waals surface area contributed by atoms with Gasteiger partial charge in [-0.05, 0) is 18.8 Å². The summed E-state index contributed by atoms with van der Waals surface area (Å²) in [5, 5.41) is 14.4. The van der Waals surface area contributed by atoms with Gasteiger partial charge in [-0.25, -0.2) is 4.79 Å². The number of nitrogens with zero attached hydrogens (tertiary/aromatic N) is 1. The van der Waals surface area contributed by atoms with E-state index in [-0.39, 0.29) is 30.9 Å². The predicted molar refractivity (Wildman–Crippen MR) is 73.2 cm³/mol. The van der Waals surface area contributed by atoms with Gasteiger partial charge in [0.05, 0.1) is 5.92 Å². The normalized spacial score (nSPS) is 17.4. The van der Waals surface area contributed by atoms with Crippen molar-refractivity contribution >= 4 is 17.9 Å². The van der Waals surface area contributed by atoms with Crippen molar-refractivity contribution in [3.05, 3.63) is 0 Å². The second kappa shape index (κ2) is 7.72. The van der Waals surface area contributed by atoms with Crippen LogP contribution in [0.2, 0.25) is 0 Å². The van der Waals surface area contributed by atoms with E-state index in [2.05, 4.69) is 10.6 Å². The molecule has 1 aliphatic rings. The van der Waals surface area contributed by atoms with Crippen LogP contribution in [0.1, 0.15) is 26.7 Å². The van der Waals surface area contributed by atoms with Gasteiger partial charge in [0.2, 0.25) is 5.91 Å². The first kappa shape index (κ1) is 16.3. The van der Waals surface area contributed by atoms with Crippen LogP contribution < -0.4 is 10.6 Å². The minimum Gasteiger partial charge on any atom is -0.481 e. The fourth-order valence-electron chi connectivity index (χ4n) is 2.14. The Balaban J connectivity index is 2.47. The Hall–Kier alpha value is -1.79. The van der Waals surface area contributed by atoms with Crippen LogP contribution in [-0.4, -0.2) is 54.1 Å². The van der Waals surface area contributed by atoms with Gasteiger partial charge in [-0.2, -0.15) is 0 Å².